The predicted molar refractivity (Wildman–Crippen MR) is 83.0 cm³/mol. The minimum Gasteiger partial charge on any atom is -0.330 e. The van der Waals surface area contributed by atoms with E-state index < -0.39 is 0 Å². The van der Waals surface area contributed by atoms with E-state index in [1.54, 1.807) is 6.07 Å². The van der Waals surface area contributed by atoms with Crippen LogP contribution in [0.4, 0.5) is 4.39 Å². The Labute approximate surface area is 129 Å². The van der Waals surface area contributed by atoms with Gasteiger partial charge in [0.25, 0.3) is 0 Å². The largest absolute Gasteiger partial charge is 0.330 e. The molecule has 1 fully saturated rings. The average Bonchev–Trinajstić information content (AvgIpc) is 2.35. The van der Waals surface area contributed by atoms with Crippen molar-refractivity contribution < 1.29 is 4.39 Å². The molecule has 1 aromatic rings. The Hall–Kier alpha value is -0.160. The highest BCUT2D eigenvalue weighted by Gasteiger charge is 2.20. The topological polar surface area (TPSA) is 29.3 Å². The van der Waals surface area contributed by atoms with Gasteiger partial charge >= 0.3 is 0 Å². The second-order valence-corrected chi connectivity index (χ2v) is 5.97. The number of likely N-dealkylation sites (tertiary alicyclic amines) is 1. The van der Waals surface area contributed by atoms with Crippen LogP contribution < -0.4 is 5.73 Å². The van der Waals surface area contributed by atoms with Crippen molar-refractivity contribution in [3.63, 3.8) is 0 Å². The molecule has 108 valence electrons. The number of hydrogen-bond donors (Lipinski definition) is 1. The van der Waals surface area contributed by atoms with Crippen molar-refractivity contribution in [2.24, 2.45) is 11.7 Å². The van der Waals surface area contributed by atoms with Crippen LogP contribution in [0.1, 0.15) is 24.8 Å². The summed E-state index contributed by atoms with van der Waals surface area (Å²) in [6.07, 6.45) is 3.53. The molecule has 2 rings (SSSR count). The fraction of sp³-hybridized carbons (Fsp3) is 0.571. The maximum Gasteiger partial charge on any atom is 0.127 e. The number of nitrogens with two attached hydrogens (primary N) is 1. The van der Waals surface area contributed by atoms with Crippen molar-refractivity contribution in [2.75, 3.05) is 19.6 Å². The lowest BCUT2D eigenvalue weighted by molar-refractivity contribution is 0.161. The Morgan fingerprint density at radius 1 is 1.42 bits per heavy atom. The van der Waals surface area contributed by atoms with Crippen molar-refractivity contribution in [3.05, 3.63) is 34.1 Å². The zero-order valence-corrected chi connectivity index (χ0v) is 13.4. The molecule has 2 N–H and O–H groups in total. The highest BCUT2D eigenvalue weighted by molar-refractivity contribution is 9.10. The van der Waals surface area contributed by atoms with Gasteiger partial charge < -0.3 is 5.73 Å². The molecule has 1 aliphatic rings. The Morgan fingerprint density at radius 3 is 2.95 bits per heavy atom. The second-order valence-electron chi connectivity index (χ2n) is 5.06. The second kappa shape index (κ2) is 8.20. The predicted octanol–water partition coefficient (Wildman–Crippen LogP) is 3.57. The molecule has 1 heterocycles. The molecule has 1 saturated heterocycles. The van der Waals surface area contributed by atoms with Gasteiger partial charge in [-0.1, -0.05) is 15.9 Å². The van der Waals surface area contributed by atoms with Gasteiger partial charge in [0.1, 0.15) is 5.82 Å². The number of rotatable bonds is 4. The molecule has 5 heteroatoms. The summed E-state index contributed by atoms with van der Waals surface area (Å²) in [5, 5.41) is 0. The standard InChI is InChI=1S/C14H20BrFN2.ClH/c15-13-3-4-14(16)12(8-13)10-18-7-1-2-11(9-18)5-6-17;/h3-4,8,11H,1-2,5-7,9-10,17H2;1H. The Morgan fingerprint density at radius 2 is 2.21 bits per heavy atom. The molecule has 1 unspecified atom stereocenters. The smallest absolute Gasteiger partial charge is 0.127 e. The zero-order chi connectivity index (χ0) is 13.0. The molecule has 0 bridgehead atoms. The molecular formula is C14H21BrClFN2. The molecule has 0 aliphatic carbocycles. The van der Waals surface area contributed by atoms with Gasteiger partial charge in [0.2, 0.25) is 0 Å². The first-order chi connectivity index (χ1) is 8.69. The summed E-state index contributed by atoms with van der Waals surface area (Å²) in [4.78, 5) is 2.34. The first-order valence-corrected chi connectivity index (χ1v) is 7.34. The molecule has 0 radical (unpaired) electrons. The normalized spacial score (nSPS) is 20.1. The third-order valence-electron chi connectivity index (χ3n) is 3.58. The van der Waals surface area contributed by atoms with Gasteiger partial charge in [-0.3, -0.25) is 4.90 Å². The Bertz CT molecular complexity index is 401. The van der Waals surface area contributed by atoms with Gasteiger partial charge in [-0.25, -0.2) is 4.39 Å². The van der Waals surface area contributed by atoms with E-state index >= 15 is 0 Å². The lowest BCUT2D eigenvalue weighted by Gasteiger charge is -2.32. The first-order valence-electron chi connectivity index (χ1n) is 6.55. The van der Waals surface area contributed by atoms with Crippen molar-refractivity contribution in [1.29, 1.82) is 0 Å². The zero-order valence-electron chi connectivity index (χ0n) is 10.9. The fourth-order valence-electron chi connectivity index (χ4n) is 2.67. The molecule has 2 nitrogen and oxygen atoms in total. The number of hydrogen-bond acceptors (Lipinski definition) is 2. The Balaban J connectivity index is 0.00000180. The van der Waals surface area contributed by atoms with E-state index in [9.17, 15) is 4.39 Å². The third-order valence-corrected chi connectivity index (χ3v) is 4.07. The minimum atomic E-state index is -0.112. The van der Waals surface area contributed by atoms with E-state index in [0.717, 1.165) is 36.1 Å². The fourth-order valence-corrected chi connectivity index (χ4v) is 3.08. The van der Waals surface area contributed by atoms with E-state index in [1.165, 1.54) is 18.9 Å². The van der Waals surface area contributed by atoms with Crippen molar-refractivity contribution >= 4 is 28.3 Å². The molecule has 0 spiro atoms. The van der Waals surface area contributed by atoms with E-state index in [0.29, 0.717) is 12.5 Å². The molecule has 19 heavy (non-hydrogen) atoms. The summed E-state index contributed by atoms with van der Waals surface area (Å²) in [5.74, 6) is 0.568. The maximum absolute atomic E-state index is 13.7. The molecule has 0 saturated carbocycles. The van der Waals surface area contributed by atoms with Crippen LogP contribution in [0.5, 0.6) is 0 Å². The lowest BCUT2D eigenvalue weighted by Crippen LogP contribution is -2.35. The molecule has 1 aliphatic heterocycles. The van der Waals surface area contributed by atoms with Crippen molar-refractivity contribution in [3.8, 4) is 0 Å². The van der Waals surface area contributed by atoms with Crippen molar-refractivity contribution in [1.82, 2.24) is 4.90 Å². The van der Waals surface area contributed by atoms with Gasteiger partial charge in [0.15, 0.2) is 0 Å². The van der Waals surface area contributed by atoms with E-state index in [-0.39, 0.29) is 18.2 Å². The molecule has 0 amide bonds. The molecule has 1 aromatic carbocycles. The number of halogens is 3. The maximum atomic E-state index is 13.7. The van der Waals surface area contributed by atoms with Crippen LogP contribution in [-0.2, 0) is 6.54 Å². The van der Waals surface area contributed by atoms with Crippen LogP contribution in [-0.4, -0.2) is 24.5 Å². The van der Waals surface area contributed by atoms with Gasteiger partial charge in [0.05, 0.1) is 0 Å². The van der Waals surface area contributed by atoms with Gasteiger partial charge in [-0.15, -0.1) is 12.4 Å². The van der Waals surface area contributed by atoms with Crippen LogP contribution in [0.2, 0.25) is 0 Å². The highest BCUT2D eigenvalue weighted by atomic mass is 79.9. The quantitative estimate of drug-likeness (QED) is 0.898. The summed E-state index contributed by atoms with van der Waals surface area (Å²) in [7, 11) is 0. The first kappa shape index (κ1) is 16.9. The lowest BCUT2D eigenvalue weighted by atomic mass is 9.94. The van der Waals surface area contributed by atoms with Gasteiger partial charge in [-0.2, -0.15) is 0 Å². The van der Waals surface area contributed by atoms with Gasteiger partial charge in [-0.05, 0) is 56.5 Å². The number of piperidine rings is 1. The van der Waals surface area contributed by atoms with Crippen LogP contribution in [0, 0.1) is 11.7 Å². The van der Waals surface area contributed by atoms with Gasteiger partial charge in [0, 0.05) is 23.1 Å². The molecule has 0 aromatic heterocycles. The number of nitrogens with zero attached hydrogens (tertiary/aromatic N) is 1. The summed E-state index contributed by atoms with van der Waals surface area (Å²) in [6, 6.07) is 5.15. The summed E-state index contributed by atoms with van der Waals surface area (Å²) >= 11 is 3.40. The summed E-state index contributed by atoms with van der Waals surface area (Å²) < 4.78 is 14.6. The molecule has 1 atom stereocenters. The highest BCUT2D eigenvalue weighted by Crippen LogP contribution is 2.23. The van der Waals surface area contributed by atoms with Crippen LogP contribution in [0.15, 0.2) is 22.7 Å². The van der Waals surface area contributed by atoms with E-state index in [4.69, 9.17) is 5.73 Å². The SMILES string of the molecule is Cl.NCCC1CCCN(Cc2cc(Br)ccc2F)C1. The monoisotopic (exact) mass is 350 g/mol. The molecular weight excluding hydrogens is 331 g/mol. The Kier molecular flexibility index (Phi) is 7.29. The van der Waals surface area contributed by atoms with Crippen LogP contribution >= 0.6 is 28.3 Å². The van der Waals surface area contributed by atoms with Crippen LogP contribution in [0.25, 0.3) is 0 Å². The van der Waals surface area contributed by atoms with E-state index in [1.807, 2.05) is 6.07 Å². The van der Waals surface area contributed by atoms with Crippen molar-refractivity contribution in [2.45, 2.75) is 25.8 Å². The number of benzene rings is 1. The average molecular weight is 352 g/mol. The van der Waals surface area contributed by atoms with Crippen LogP contribution in [0.3, 0.4) is 0 Å². The summed E-state index contributed by atoms with van der Waals surface area (Å²) in [5.41, 5.74) is 6.39. The minimum absolute atomic E-state index is 0. The third kappa shape index (κ3) is 5.03. The van der Waals surface area contributed by atoms with E-state index in [2.05, 4.69) is 20.8 Å². The summed E-state index contributed by atoms with van der Waals surface area (Å²) in [6.45, 7) is 3.56.